The van der Waals surface area contributed by atoms with Gasteiger partial charge in [-0.25, -0.2) is 8.42 Å². The Morgan fingerprint density at radius 2 is 2.10 bits per heavy atom. The number of aromatic nitrogens is 1. The van der Waals surface area contributed by atoms with Gasteiger partial charge in [-0.1, -0.05) is 0 Å². The van der Waals surface area contributed by atoms with Gasteiger partial charge in [0, 0.05) is 36.6 Å². The van der Waals surface area contributed by atoms with Gasteiger partial charge in [0.1, 0.15) is 4.90 Å². The number of nitrogens with two attached hydrogens (primary N) is 1. The molecule has 20 heavy (non-hydrogen) atoms. The molecule has 3 rings (SSSR count). The van der Waals surface area contributed by atoms with Crippen LogP contribution in [0.15, 0.2) is 17.2 Å². The van der Waals surface area contributed by atoms with Crippen LogP contribution >= 0.6 is 0 Å². The minimum Gasteiger partial charge on any atom is -0.346 e. The lowest BCUT2D eigenvalue weighted by Gasteiger charge is -2.30. The van der Waals surface area contributed by atoms with Gasteiger partial charge < -0.3 is 10.3 Å². The molecular weight excluding hydrogens is 274 g/mol. The van der Waals surface area contributed by atoms with Gasteiger partial charge in [0.15, 0.2) is 0 Å². The highest BCUT2D eigenvalue weighted by molar-refractivity contribution is 7.89. The first-order valence-corrected chi connectivity index (χ1v) is 8.74. The van der Waals surface area contributed by atoms with E-state index in [1.807, 2.05) is 13.8 Å². The van der Waals surface area contributed by atoms with Gasteiger partial charge in [-0.2, -0.15) is 4.31 Å². The van der Waals surface area contributed by atoms with Crippen molar-refractivity contribution in [1.82, 2.24) is 8.87 Å². The summed E-state index contributed by atoms with van der Waals surface area (Å²) in [4.78, 5) is 0.403. The fraction of sp³-hybridized carbons (Fsp3) is 0.714. The molecule has 2 fully saturated rings. The lowest BCUT2D eigenvalue weighted by molar-refractivity contribution is 0.291. The van der Waals surface area contributed by atoms with E-state index < -0.39 is 10.0 Å². The molecule has 0 atom stereocenters. The lowest BCUT2D eigenvalue weighted by atomic mass is 10.0. The highest BCUT2D eigenvalue weighted by Gasteiger charge is 2.41. The number of rotatable bonds is 4. The minimum atomic E-state index is -3.41. The Hall–Kier alpha value is -0.850. The summed E-state index contributed by atoms with van der Waals surface area (Å²) in [5, 5.41) is 0. The SMILES string of the molecule is CC1(C)CCCN1S(=O)(=O)c1cc(CN)n(C2CC2)c1. The summed E-state index contributed by atoms with van der Waals surface area (Å²) in [6, 6.07) is 2.20. The molecule has 0 bridgehead atoms. The topological polar surface area (TPSA) is 68.3 Å². The average molecular weight is 297 g/mol. The zero-order valence-corrected chi connectivity index (χ0v) is 13.0. The molecule has 1 saturated carbocycles. The second-order valence-corrected chi connectivity index (χ2v) is 8.37. The lowest BCUT2D eigenvalue weighted by Crippen LogP contribution is -2.42. The van der Waals surface area contributed by atoms with Gasteiger partial charge in [-0.3, -0.25) is 0 Å². The summed E-state index contributed by atoms with van der Waals surface area (Å²) in [6.45, 7) is 5.00. The molecule has 5 nitrogen and oxygen atoms in total. The molecule has 2 N–H and O–H groups in total. The maximum absolute atomic E-state index is 12.8. The van der Waals surface area contributed by atoms with Crippen molar-refractivity contribution in [3.8, 4) is 0 Å². The third-order valence-electron chi connectivity index (χ3n) is 4.47. The van der Waals surface area contributed by atoms with Crippen molar-refractivity contribution in [2.75, 3.05) is 6.54 Å². The monoisotopic (exact) mass is 297 g/mol. The Morgan fingerprint density at radius 1 is 1.40 bits per heavy atom. The Bertz CT molecular complexity index is 614. The molecule has 0 spiro atoms. The van der Waals surface area contributed by atoms with Crippen molar-refractivity contribution in [2.45, 2.75) is 62.6 Å². The second-order valence-electron chi connectivity index (χ2n) is 6.50. The number of sulfonamides is 1. The quantitative estimate of drug-likeness (QED) is 0.922. The van der Waals surface area contributed by atoms with Crippen molar-refractivity contribution < 1.29 is 8.42 Å². The molecule has 2 heterocycles. The molecule has 2 aliphatic rings. The van der Waals surface area contributed by atoms with E-state index in [1.165, 1.54) is 0 Å². The van der Waals surface area contributed by atoms with E-state index in [0.717, 1.165) is 31.4 Å². The van der Waals surface area contributed by atoms with Crippen LogP contribution in [0.3, 0.4) is 0 Å². The molecule has 1 aliphatic carbocycles. The molecule has 1 aromatic heterocycles. The van der Waals surface area contributed by atoms with Gasteiger partial charge in [0.25, 0.3) is 0 Å². The van der Waals surface area contributed by atoms with Crippen LogP contribution in [0, 0.1) is 0 Å². The number of nitrogens with zero attached hydrogens (tertiary/aromatic N) is 2. The third kappa shape index (κ3) is 2.19. The fourth-order valence-corrected chi connectivity index (χ4v) is 5.05. The highest BCUT2D eigenvalue weighted by atomic mass is 32.2. The molecular formula is C14H23N3O2S. The van der Waals surface area contributed by atoms with Crippen molar-refractivity contribution >= 4 is 10.0 Å². The van der Waals surface area contributed by atoms with Crippen molar-refractivity contribution in [3.63, 3.8) is 0 Å². The first-order valence-electron chi connectivity index (χ1n) is 7.30. The van der Waals surface area contributed by atoms with Crippen LogP contribution < -0.4 is 5.73 Å². The van der Waals surface area contributed by atoms with Gasteiger partial charge >= 0.3 is 0 Å². The van der Waals surface area contributed by atoms with Gasteiger partial charge in [0.05, 0.1) is 0 Å². The molecule has 0 unspecified atom stereocenters. The summed E-state index contributed by atoms with van der Waals surface area (Å²) in [6.07, 6.45) is 5.87. The van der Waals surface area contributed by atoms with E-state index in [9.17, 15) is 8.42 Å². The normalized spacial score (nSPS) is 23.4. The number of hydrogen-bond donors (Lipinski definition) is 1. The fourth-order valence-electron chi connectivity index (χ4n) is 3.15. The first kappa shape index (κ1) is 14.1. The molecule has 6 heteroatoms. The van der Waals surface area contributed by atoms with Crippen molar-refractivity contribution in [1.29, 1.82) is 0 Å². The van der Waals surface area contributed by atoms with Crippen molar-refractivity contribution in [3.05, 3.63) is 18.0 Å². The van der Waals surface area contributed by atoms with Crippen molar-refractivity contribution in [2.24, 2.45) is 5.73 Å². The van der Waals surface area contributed by atoms with E-state index in [4.69, 9.17) is 5.73 Å². The minimum absolute atomic E-state index is 0.288. The van der Waals surface area contributed by atoms with Crippen LogP contribution in [-0.4, -0.2) is 29.4 Å². The Kier molecular flexibility index (Phi) is 3.23. The van der Waals surface area contributed by atoms with Crippen LogP contribution in [0.5, 0.6) is 0 Å². The average Bonchev–Trinajstić information content (AvgIpc) is 3.01. The largest absolute Gasteiger partial charge is 0.346 e. The van der Waals surface area contributed by atoms with Gasteiger partial charge in [-0.05, 0) is 45.6 Å². The zero-order valence-electron chi connectivity index (χ0n) is 12.2. The summed E-state index contributed by atoms with van der Waals surface area (Å²) in [7, 11) is -3.41. The maximum Gasteiger partial charge on any atom is 0.245 e. The standard InChI is InChI=1S/C14H23N3O2S/c1-14(2)6-3-7-17(14)20(18,19)13-8-12(9-15)16(10-13)11-4-5-11/h8,10-11H,3-7,9,15H2,1-2H3. The van der Waals surface area contributed by atoms with E-state index in [0.29, 0.717) is 24.0 Å². The molecule has 1 aliphatic heterocycles. The molecule has 1 saturated heterocycles. The molecule has 112 valence electrons. The van der Waals surface area contributed by atoms with E-state index in [2.05, 4.69) is 4.57 Å². The molecule has 1 aromatic rings. The first-order chi connectivity index (χ1) is 9.36. The predicted molar refractivity (Wildman–Crippen MR) is 77.8 cm³/mol. The second kappa shape index (κ2) is 4.58. The Morgan fingerprint density at radius 3 is 2.60 bits per heavy atom. The smallest absolute Gasteiger partial charge is 0.245 e. The predicted octanol–water partition coefficient (Wildman–Crippen LogP) is 1.84. The summed E-state index contributed by atoms with van der Waals surface area (Å²) < 4.78 is 29.4. The maximum atomic E-state index is 12.8. The van der Waals surface area contributed by atoms with E-state index in [-0.39, 0.29) is 5.54 Å². The van der Waals surface area contributed by atoms with E-state index >= 15 is 0 Å². The number of hydrogen-bond acceptors (Lipinski definition) is 3. The summed E-state index contributed by atoms with van der Waals surface area (Å²) >= 11 is 0. The Balaban J connectivity index is 1.99. The summed E-state index contributed by atoms with van der Waals surface area (Å²) in [5.74, 6) is 0. The summed E-state index contributed by atoms with van der Waals surface area (Å²) in [5.41, 5.74) is 6.38. The Labute approximate surface area is 120 Å². The van der Waals surface area contributed by atoms with Crippen LogP contribution in [0.25, 0.3) is 0 Å². The zero-order chi connectivity index (χ0) is 14.5. The highest BCUT2D eigenvalue weighted by Crippen LogP contribution is 2.39. The molecule has 0 radical (unpaired) electrons. The van der Waals surface area contributed by atoms with Crippen LogP contribution in [-0.2, 0) is 16.6 Å². The molecule has 0 aromatic carbocycles. The van der Waals surface area contributed by atoms with Crippen LogP contribution in [0.2, 0.25) is 0 Å². The van der Waals surface area contributed by atoms with Gasteiger partial charge in [0.2, 0.25) is 10.0 Å². The van der Waals surface area contributed by atoms with E-state index in [1.54, 1.807) is 16.6 Å². The van der Waals surface area contributed by atoms with Crippen LogP contribution in [0.1, 0.15) is 51.3 Å². The van der Waals surface area contributed by atoms with Gasteiger partial charge in [-0.15, -0.1) is 0 Å². The molecule has 0 amide bonds. The third-order valence-corrected chi connectivity index (χ3v) is 6.55. The van der Waals surface area contributed by atoms with Crippen LogP contribution in [0.4, 0.5) is 0 Å².